The van der Waals surface area contributed by atoms with Gasteiger partial charge in [-0.15, -0.1) is 0 Å². The lowest BCUT2D eigenvalue weighted by molar-refractivity contribution is -0.123. The molecule has 388 valence electrons. The first kappa shape index (κ1) is 55.1. The average Bonchev–Trinajstić information content (AvgIpc) is 3.84. The first-order chi connectivity index (χ1) is 35.3. The van der Waals surface area contributed by atoms with Gasteiger partial charge in [-0.05, 0) is 85.2 Å². The topological polar surface area (TPSA) is 233 Å². The number of hydrogen-bond acceptors (Lipinski definition) is 14. The van der Waals surface area contributed by atoms with E-state index < -0.39 is 6.04 Å². The Balaban J connectivity index is 0.829. The molecule has 19 heteroatoms. The number of ether oxygens (including phenoxy) is 6. The van der Waals surface area contributed by atoms with Crippen LogP contribution >= 0.6 is 0 Å². The van der Waals surface area contributed by atoms with Crippen LogP contribution in [0.25, 0.3) is 33.3 Å². The smallest absolute Gasteiger partial charge is 0.322 e. The number of fused-ring (bicyclic) bond motifs is 2. The Hall–Kier alpha value is -6.19. The van der Waals surface area contributed by atoms with E-state index in [2.05, 4.69) is 25.9 Å². The minimum atomic E-state index is -0.627. The van der Waals surface area contributed by atoms with E-state index in [0.717, 1.165) is 52.4 Å². The molecule has 6 rings (SSSR count). The van der Waals surface area contributed by atoms with E-state index in [1.165, 1.54) is 4.68 Å². The van der Waals surface area contributed by atoms with E-state index in [0.29, 0.717) is 148 Å². The fourth-order valence-electron chi connectivity index (χ4n) is 7.87. The van der Waals surface area contributed by atoms with Crippen LogP contribution in [0.4, 0.5) is 10.5 Å². The summed E-state index contributed by atoms with van der Waals surface area (Å²) in [5, 5.41) is 14.6. The lowest BCUT2D eigenvalue weighted by Crippen LogP contribution is -2.41. The van der Waals surface area contributed by atoms with E-state index in [-0.39, 0.29) is 29.8 Å². The zero-order valence-corrected chi connectivity index (χ0v) is 41.5. The number of amides is 4. The minimum Gasteiger partial charge on any atom is -0.382 e. The molecule has 0 saturated carbocycles. The summed E-state index contributed by atoms with van der Waals surface area (Å²) in [6.45, 7) is 7.60. The largest absolute Gasteiger partial charge is 0.382 e. The van der Waals surface area contributed by atoms with Crippen molar-refractivity contribution in [3.8, 4) is 22.4 Å². The highest BCUT2D eigenvalue weighted by Crippen LogP contribution is 2.27. The molecule has 1 aliphatic rings. The van der Waals surface area contributed by atoms with Gasteiger partial charge in [0.1, 0.15) is 0 Å². The second-order valence-electron chi connectivity index (χ2n) is 17.4. The first-order valence-electron chi connectivity index (χ1n) is 25.0. The van der Waals surface area contributed by atoms with Gasteiger partial charge in [0.15, 0.2) is 0 Å². The predicted octanol–water partition coefficient (Wildman–Crippen LogP) is 5.48. The van der Waals surface area contributed by atoms with Gasteiger partial charge in [-0.2, -0.15) is 5.10 Å². The highest BCUT2D eigenvalue weighted by atomic mass is 16.6. The van der Waals surface area contributed by atoms with E-state index in [9.17, 15) is 19.2 Å². The molecule has 3 aromatic heterocycles. The van der Waals surface area contributed by atoms with Crippen LogP contribution < -0.4 is 27.2 Å². The highest BCUT2D eigenvalue weighted by molar-refractivity contribution is 5.90. The zero-order chi connectivity index (χ0) is 50.6. The number of nitrogens with zero attached hydrogens (tertiary/aromatic N) is 5. The van der Waals surface area contributed by atoms with Crippen LogP contribution in [0.5, 0.6) is 0 Å². The fourth-order valence-corrected chi connectivity index (χ4v) is 7.87. The van der Waals surface area contributed by atoms with Gasteiger partial charge in [-0.3, -0.25) is 24.4 Å². The maximum atomic E-state index is 14.0. The van der Waals surface area contributed by atoms with Gasteiger partial charge < -0.3 is 55.0 Å². The second kappa shape index (κ2) is 31.3. The summed E-state index contributed by atoms with van der Waals surface area (Å²) in [7, 11) is 1.63. The van der Waals surface area contributed by atoms with Crippen LogP contribution in [-0.4, -0.2) is 141 Å². The molecule has 2 aromatic carbocycles. The number of carbonyl (C=O) groups excluding carboxylic acids is 3. The van der Waals surface area contributed by atoms with E-state index in [4.69, 9.17) is 39.3 Å². The maximum absolute atomic E-state index is 14.0. The summed E-state index contributed by atoms with van der Waals surface area (Å²) in [4.78, 5) is 62.4. The third-order valence-electron chi connectivity index (χ3n) is 11.9. The molecule has 5 N–H and O–H groups in total. The number of nitrogens with one attached hydrogen (secondary N) is 3. The Morgan fingerprint density at radius 2 is 1.35 bits per heavy atom. The molecule has 4 heterocycles. The summed E-state index contributed by atoms with van der Waals surface area (Å²) >= 11 is 0. The van der Waals surface area contributed by atoms with Crippen molar-refractivity contribution in [2.24, 2.45) is 5.73 Å². The molecule has 4 amide bonds. The maximum Gasteiger partial charge on any atom is 0.322 e. The standard InChI is InChI=1S/C53H71N9O10/c1-67-25-26-69-29-30-71-33-34-72-32-31-70-28-27-68-24-18-50(63)57-19-6-4-10-47(54)51(64)58-20-5-2-3-7-23-62-52(65)46(42-12-11-40-9-8-21-56-48(40)35-42)36-49(60-62)41-13-15-45(16-14-41)59-53(66)61-38-43-17-22-55-37-44(43)39-61/h8-9,11-17,21-22,35-37,47H,2-7,10,18-20,23-34,38-39,54H2,1H3,(H,57,63)(H,58,64)(H,59,66)/t47-/m0/s1. The third kappa shape index (κ3) is 18.8. The SMILES string of the molecule is COCCOCCOCCOCCOCCOCCC(=O)NCCCC[C@H](N)C(=O)NCCCCCCn1nc(-c2ccc(NC(=O)N3Cc4ccncc4C3)cc2)cc(-c2ccc3cccnc3c2)c1=O. The van der Waals surface area contributed by atoms with Crippen molar-refractivity contribution >= 4 is 34.4 Å². The van der Waals surface area contributed by atoms with Gasteiger partial charge in [0, 0.05) is 81.5 Å². The van der Waals surface area contributed by atoms with Crippen molar-refractivity contribution in [3.05, 3.63) is 107 Å². The Morgan fingerprint density at radius 3 is 2.07 bits per heavy atom. The number of nitrogens with two attached hydrogens (primary N) is 1. The molecule has 0 aliphatic carbocycles. The van der Waals surface area contributed by atoms with Crippen LogP contribution in [0.3, 0.4) is 0 Å². The van der Waals surface area contributed by atoms with E-state index >= 15 is 0 Å². The number of urea groups is 1. The Kier molecular flexibility index (Phi) is 24.0. The van der Waals surface area contributed by atoms with Gasteiger partial charge in [0.05, 0.1) is 95.5 Å². The van der Waals surface area contributed by atoms with Crippen molar-refractivity contribution < 1.29 is 42.8 Å². The quantitative estimate of drug-likeness (QED) is 0.0374. The molecule has 0 spiro atoms. The molecule has 19 nitrogen and oxygen atoms in total. The molecular weight excluding hydrogens is 923 g/mol. The van der Waals surface area contributed by atoms with Crippen molar-refractivity contribution in [1.82, 2.24) is 35.3 Å². The van der Waals surface area contributed by atoms with Gasteiger partial charge in [-0.1, -0.05) is 43.2 Å². The van der Waals surface area contributed by atoms with E-state index in [1.807, 2.05) is 66.7 Å². The number of anilines is 1. The normalized spacial score (nSPS) is 12.5. The number of benzene rings is 2. The number of unbranched alkanes of at least 4 members (excludes halogenated alkanes) is 4. The number of carbonyl (C=O) groups is 3. The molecule has 0 unspecified atom stereocenters. The molecule has 0 saturated heterocycles. The zero-order valence-electron chi connectivity index (χ0n) is 41.5. The van der Waals surface area contributed by atoms with Crippen molar-refractivity contribution in [2.75, 3.05) is 98.2 Å². The number of hydrogen-bond donors (Lipinski definition) is 4. The Morgan fingerprint density at radius 1 is 0.694 bits per heavy atom. The van der Waals surface area contributed by atoms with Crippen molar-refractivity contribution in [3.63, 3.8) is 0 Å². The second-order valence-corrected chi connectivity index (χ2v) is 17.4. The molecular formula is C53H71N9O10. The van der Waals surface area contributed by atoms with Gasteiger partial charge >= 0.3 is 6.03 Å². The predicted molar refractivity (Wildman–Crippen MR) is 274 cm³/mol. The first-order valence-corrected chi connectivity index (χ1v) is 25.0. The summed E-state index contributed by atoms with van der Waals surface area (Å²) in [6, 6.07) is 20.1. The van der Waals surface area contributed by atoms with Crippen molar-refractivity contribution in [2.45, 2.75) is 77.0 Å². The summed E-state index contributed by atoms with van der Waals surface area (Å²) in [6.07, 6.45) is 10.6. The van der Waals surface area contributed by atoms with Crippen LogP contribution in [0.1, 0.15) is 62.5 Å². The molecule has 0 radical (unpaired) electrons. The van der Waals surface area contributed by atoms with Gasteiger partial charge in [0.2, 0.25) is 11.8 Å². The van der Waals surface area contributed by atoms with Crippen LogP contribution in [0.2, 0.25) is 0 Å². The average molecular weight is 994 g/mol. The number of rotatable bonds is 34. The Bertz CT molecular complexity index is 2470. The van der Waals surface area contributed by atoms with Gasteiger partial charge in [-0.25, -0.2) is 9.48 Å². The number of aromatic nitrogens is 4. The summed E-state index contributed by atoms with van der Waals surface area (Å²) < 4.78 is 33.6. The lowest BCUT2D eigenvalue weighted by atomic mass is 10.0. The number of aryl methyl sites for hydroxylation is 1. The number of pyridine rings is 2. The molecule has 0 fully saturated rings. The van der Waals surface area contributed by atoms with Gasteiger partial charge in [0.25, 0.3) is 5.56 Å². The van der Waals surface area contributed by atoms with E-state index in [1.54, 1.807) is 30.6 Å². The number of methoxy groups -OCH3 is 1. The fraction of sp³-hybridized carbons (Fsp3) is 0.491. The molecule has 72 heavy (non-hydrogen) atoms. The summed E-state index contributed by atoms with van der Waals surface area (Å²) in [5.41, 5.74) is 12.2. The molecule has 1 atom stereocenters. The minimum absolute atomic E-state index is 0.0931. The van der Waals surface area contributed by atoms with Crippen molar-refractivity contribution in [1.29, 1.82) is 0 Å². The Labute approximate surface area is 421 Å². The highest BCUT2D eigenvalue weighted by Gasteiger charge is 2.23. The lowest BCUT2D eigenvalue weighted by Gasteiger charge is -2.16. The molecule has 5 aromatic rings. The molecule has 0 bridgehead atoms. The monoisotopic (exact) mass is 994 g/mol. The van der Waals surface area contributed by atoms with Crippen LogP contribution in [-0.2, 0) is 57.6 Å². The van der Waals surface area contributed by atoms with Crippen LogP contribution in [0.15, 0.2) is 90.1 Å². The third-order valence-corrected chi connectivity index (χ3v) is 11.9. The molecule has 1 aliphatic heterocycles. The summed E-state index contributed by atoms with van der Waals surface area (Å²) in [5.74, 6) is -0.284. The van der Waals surface area contributed by atoms with Crippen LogP contribution in [0, 0.1) is 0 Å².